The van der Waals surface area contributed by atoms with Gasteiger partial charge in [-0.15, -0.1) is 0 Å². The van der Waals surface area contributed by atoms with E-state index in [-0.39, 0.29) is 11.8 Å². The van der Waals surface area contributed by atoms with Crippen molar-refractivity contribution in [3.05, 3.63) is 0 Å². The molecular formula is C8H18N2O. The van der Waals surface area contributed by atoms with Gasteiger partial charge in [-0.3, -0.25) is 4.79 Å². The summed E-state index contributed by atoms with van der Waals surface area (Å²) in [7, 11) is 0. The second-order valence-corrected chi connectivity index (χ2v) is 2.60. The summed E-state index contributed by atoms with van der Waals surface area (Å²) in [6.45, 7) is 8.29. The van der Waals surface area contributed by atoms with Crippen molar-refractivity contribution < 1.29 is 4.79 Å². The minimum atomic E-state index is 0.0786. The summed E-state index contributed by atoms with van der Waals surface area (Å²) in [6, 6.07) is 0. The van der Waals surface area contributed by atoms with Gasteiger partial charge >= 0.3 is 0 Å². The molecule has 1 amide bonds. The van der Waals surface area contributed by atoms with Gasteiger partial charge in [-0.2, -0.15) is 0 Å². The van der Waals surface area contributed by atoms with E-state index >= 15 is 0 Å². The van der Waals surface area contributed by atoms with E-state index in [1.54, 1.807) is 0 Å². The van der Waals surface area contributed by atoms with Gasteiger partial charge in [0.15, 0.2) is 0 Å². The lowest BCUT2D eigenvalue weighted by Crippen LogP contribution is -2.35. The first-order valence-corrected chi connectivity index (χ1v) is 4.20. The minimum Gasteiger partial charge on any atom is -0.356 e. The number of hydrogen-bond acceptors (Lipinski definition) is 2. The van der Waals surface area contributed by atoms with Crippen LogP contribution >= 0.6 is 0 Å². The van der Waals surface area contributed by atoms with Crippen molar-refractivity contribution in [3.63, 3.8) is 0 Å². The summed E-state index contributed by atoms with van der Waals surface area (Å²) in [5, 5.41) is 5.90. The van der Waals surface area contributed by atoms with Gasteiger partial charge < -0.3 is 10.6 Å². The Bertz CT molecular complexity index is 115. The van der Waals surface area contributed by atoms with Gasteiger partial charge in [-0.1, -0.05) is 13.8 Å². The number of amides is 1. The largest absolute Gasteiger partial charge is 0.356 e. The van der Waals surface area contributed by atoms with Crippen LogP contribution in [0, 0.1) is 5.92 Å². The zero-order valence-corrected chi connectivity index (χ0v) is 7.61. The van der Waals surface area contributed by atoms with Crippen molar-refractivity contribution in [3.8, 4) is 0 Å². The van der Waals surface area contributed by atoms with Gasteiger partial charge in [-0.25, -0.2) is 0 Å². The highest BCUT2D eigenvalue weighted by atomic mass is 16.1. The van der Waals surface area contributed by atoms with Crippen LogP contribution < -0.4 is 10.6 Å². The van der Waals surface area contributed by atoms with Crippen LogP contribution in [-0.2, 0) is 4.79 Å². The maximum atomic E-state index is 11.1. The topological polar surface area (TPSA) is 41.1 Å². The van der Waals surface area contributed by atoms with Crippen molar-refractivity contribution in [2.24, 2.45) is 5.92 Å². The van der Waals surface area contributed by atoms with Crippen LogP contribution in [0.25, 0.3) is 0 Å². The fourth-order valence-electron chi connectivity index (χ4n) is 0.802. The van der Waals surface area contributed by atoms with Crippen LogP contribution in [0.3, 0.4) is 0 Å². The molecule has 1 atom stereocenters. The van der Waals surface area contributed by atoms with Crippen molar-refractivity contribution in [2.45, 2.75) is 20.8 Å². The van der Waals surface area contributed by atoms with E-state index in [0.717, 1.165) is 19.6 Å². The molecule has 3 heteroatoms. The molecule has 0 bridgehead atoms. The minimum absolute atomic E-state index is 0.0786. The molecule has 3 nitrogen and oxygen atoms in total. The van der Waals surface area contributed by atoms with Crippen LogP contribution in [-0.4, -0.2) is 25.5 Å². The quantitative estimate of drug-likeness (QED) is 0.607. The normalized spacial score (nSPS) is 12.6. The Balaban J connectivity index is 3.46. The summed E-state index contributed by atoms with van der Waals surface area (Å²) >= 11 is 0. The van der Waals surface area contributed by atoms with Gasteiger partial charge in [0.1, 0.15) is 0 Å². The molecule has 0 aliphatic carbocycles. The Morgan fingerprint density at radius 2 is 2.00 bits per heavy atom. The first-order chi connectivity index (χ1) is 5.22. The van der Waals surface area contributed by atoms with Crippen molar-refractivity contribution in [1.29, 1.82) is 0 Å². The van der Waals surface area contributed by atoms with E-state index in [1.807, 2.05) is 20.8 Å². The molecule has 0 aliphatic rings. The lowest BCUT2D eigenvalue weighted by atomic mass is 10.1. The smallest absolute Gasteiger partial charge is 0.224 e. The summed E-state index contributed by atoms with van der Waals surface area (Å²) in [5.41, 5.74) is 0. The highest BCUT2D eigenvalue weighted by Gasteiger charge is 2.09. The molecule has 0 heterocycles. The molecule has 0 aromatic heterocycles. The first-order valence-electron chi connectivity index (χ1n) is 4.20. The molecular weight excluding hydrogens is 140 g/mol. The molecule has 2 N–H and O–H groups in total. The zero-order valence-electron chi connectivity index (χ0n) is 7.61. The molecule has 0 spiro atoms. The van der Waals surface area contributed by atoms with E-state index in [4.69, 9.17) is 0 Å². The van der Waals surface area contributed by atoms with Crippen LogP contribution in [0.2, 0.25) is 0 Å². The van der Waals surface area contributed by atoms with E-state index in [9.17, 15) is 4.79 Å². The Morgan fingerprint density at radius 1 is 1.36 bits per heavy atom. The lowest BCUT2D eigenvalue weighted by molar-refractivity contribution is -0.124. The van der Waals surface area contributed by atoms with E-state index in [1.165, 1.54) is 0 Å². The third-order valence-electron chi connectivity index (χ3n) is 1.50. The second kappa shape index (κ2) is 6.16. The van der Waals surface area contributed by atoms with Crippen LogP contribution in [0.1, 0.15) is 20.8 Å². The van der Waals surface area contributed by atoms with Gasteiger partial charge in [0.25, 0.3) is 0 Å². The fraction of sp³-hybridized carbons (Fsp3) is 0.875. The summed E-state index contributed by atoms with van der Waals surface area (Å²) < 4.78 is 0. The number of carbonyl (C=O) groups excluding carboxylic acids is 1. The predicted molar refractivity (Wildman–Crippen MR) is 46.4 cm³/mol. The Kier molecular flexibility index (Phi) is 5.84. The molecule has 0 rings (SSSR count). The predicted octanol–water partition coefficient (Wildman–Crippen LogP) is 0.368. The van der Waals surface area contributed by atoms with Crippen molar-refractivity contribution in [1.82, 2.24) is 10.6 Å². The lowest BCUT2D eigenvalue weighted by Gasteiger charge is -2.10. The maximum Gasteiger partial charge on any atom is 0.224 e. The van der Waals surface area contributed by atoms with E-state index in [0.29, 0.717) is 0 Å². The molecule has 0 radical (unpaired) electrons. The summed E-state index contributed by atoms with van der Waals surface area (Å²) in [6.07, 6.45) is 0. The molecule has 0 aliphatic heterocycles. The third kappa shape index (κ3) is 4.79. The van der Waals surface area contributed by atoms with Crippen molar-refractivity contribution in [2.75, 3.05) is 19.6 Å². The van der Waals surface area contributed by atoms with E-state index < -0.39 is 0 Å². The van der Waals surface area contributed by atoms with Gasteiger partial charge in [0, 0.05) is 19.0 Å². The molecule has 11 heavy (non-hydrogen) atoms. The summed E-state index contributed by atoms with van der Waals surface area (Å²) in [4.78, 5) is 11.1. The molecule has 0 aromatic carbocycles. The van der Waals surface area contributed by atoms with Crippen LogP contribution in [0.4, 0.5) is 0 Å². The third-order valence-corrected chi connectivity index (χ3v) is 1.50. The van der Waals surface area contributed by atoms with Crippen LogP contribution in [0.15, 0.2) is 0 Å². The highest BCUT2D eigenvalue weighted by Crippen LogP contribution is 1.90. The number of hydrogen-bond donors (Lipinski definition) is 2. The fourth-order valence-corrected chi connectivity index (χ4v) is 0.802. The molecule has 1 unspecified atom stereocenters. The zero-order chi connectivity index (χ0) is 8.69. The Morgan fingerprint density at radius 3 is 2.45 bits per heavy atom. The highest BCUT2D eigenvalue weighted by molar-refractivity contribution is 5.78. The first kappa shape index (κ1) is 10.4. The molecule has 0 aromatic rings. The van der Waals surface area contributed by atoms with Gasteiger partial charge in [-0.05, 0) is 13.5 Å². The number of nitrogens with one attached hydrogen (secondary N) is 2. The standard InChI is InChI=1S/C8H18N2O/c1-4-9-6-7(3)8(11)10-5-2/h7,9H,4-6H2,1-3H3,(H,10,11). The van der Waals surface area contributed by atoms with Gasteiger partial charge in [0.05, 0.1) is 0 Å². The Labute approximate surface area is 68.6 Å². The maximum absolute atomic E-state index is 11.1. The molecule has 0 saturated heterocycles. The SMILES string of the molecule is CCNCC(C)C(=O)NCC. The average molecular weight is 158 g/mol. The molecule has 0 saturated carbocycles. The second-order valence-electron chi connectivity index (χ2n) is 2.60. The molecule has 66 valence electrons. The van der Waals surface area contributed by atoms with E-state index in [2.05, 4.69) is 10.6 Å². The number of rotatable bonds is 5. The van der Waals surface area contributed by atoms with Gasteiger partial charge in [0.2, 0.25) is 5.91 Å². The number of carbonyl (C=O) groups is 1. The van der Waals surface area contributed by atoms with Crippen LogP contribution in [0.5, 0.6) is 0 Å². The summed E-state index contributed by atoms with van der Waals surface area (Å²) in [5.74, 6) is 0.211. The van der Waals surface area contributed by atoms with Crippen molar-refractivity contribution >= 4 is 5.91 Å². The Hall–Kier alpha value is -0.570. The average Bonchev–Trinajstić information content (AvgIpc) is 2.00. The molecule has 0 fully saturated rings. The monoisotopic (exact) mass is 158 g/mol.